The Morgan fingerprint density at radius 2 is 1.70 bits per heavy atom. The summed E-state index contributed by atoms with van der Waals surface area (Å²) in [6.07, 6.45) is 2.18. The number of benzene rings is 3. The Labute approximate surface area is 190 Å². The molecule has 7 heteroatoms. The molecule has 0 bridgehead atoms. The van der Waals surface area contributed by atoms with Gasteiger partial charge in [-0.2, -0.15) is 0 Å². The van der Waals surface area contributed by atoms with Crippen molar-refractivity contribution in [3.63, 3.8) is 0 Å². The minimum absolute atomic E-state index is 0.235. The molecule has 5 rings (SSSR count). The highest BCUT2D eigenvalue weighted by molar-refractivity contribution is 6.02. The Balaban J connectivity index is 1.39. The summed E-state index contributed by atoms with van der Waals surface area (Å²) >= 11 is 0. The van der Waals surface area contributed by atoms with Crippen LogP contribution in [0.5, 0.6) is 0 Å². The molecule has 2 heterocycles. The number of rotatable bonds is 6. The van der Waals surface area contributed by atoms with Crippen LogP contribution in [0.1, 0.15) is 27.0 Å². The van der Waals surface area contributed by atoms with Gasteiger partial charge in [0.2, 0.25) is 0 Å². The van der Waals surface area contributed by atoms with Crippen molar-refractivity contribution in [3.8, 4) is 0 Å². The van der Waals surface area contributed by atoms with E-state index in [1.165, 1.54) is 5.01 Å². The van der Waals surface area contributed by atoms with E-state index in [0.717, 1.165) is 27.6 Å². The van der Waals surface area contributed by atoms with Crippen molar-refractivity contribution in [1.29, 1.82) is 5.41 Å². The maximum absolute atomic E-state index is 13.4. The highest BCUT2D eigenvalue weighted by atomic mass is 16.2. The highest BCUT2D eigenvalue weighted by Crippen LogP contribution is 2.22. The lowest BCUT2D eigenvalue weighted by molar-refractivity contribution is -0.126. The van der Waals surface area contributed by atoms with E-state index in [1.54, 1.807) is 24.3 Å². The number of nitrogens with zero attached hydrogens (tertiary/aromatic N) is 1. The Hall–Kier alpha value is -4.39. The van der Waals surface area contributed by atoms with Crippen LogP contribution in [0, 0.1) is 5.41 Å². The average molecular weight is 438 g/mol. The molecular weight excluding hydrogens is 414 g/mol. The fourth-order valence-corrected chi connectivity index (χ4v) is 4.15. The zero-order chi connectivity index (χ0) is 22.8. The first-order chi connectivity index (χ1) is 16.1. The summed E-state index contributed by atoms with van der Waals surface area (Å²) in [4.78, 5) is 29.4. The monoisotopic (exact) mass is 437 g/mol. The van der Waals surface area contributed by atoms with Crippen LogP contribution >= 0.6 is 0 Å². The molecule has 0 unspecified atom stereocenters. The van der Waals surface area contributed by atoms with E-state index in [-0.39, 0.29) is 17.6 Å². The van der Waals surface area contributed by atoms with Gasteiger partial charge in [0.1, 0.15) is 11.9 Å². The number of para-hydroxylation sites is 1. The van der Waals surface area contributed by atoms with Crippen LogP contribution in [0.3, 0.4) is 0 Å². The Bertz CT molecular complexity index is 1350. The second-order valence-electron chi connectivity index (χ2n) is 8.02. The average Bonchev–Trinajstić information content (AvgIpc) is 3.40. The molecule has 0 fully saturated rings. The van der Waals surface area contributed by atoms with E-state index >= 15 is 0 Å². The van der Waals surface area contributed by atoms with Crippen molar-refractivity contribution < 1.29 is 9.59 Å². The fourth-order valence-electron chi connectivity index (χ4n) is 4.15. The second kappa shape index (κ2) is 8.63. The molecule has 1 aliphatic rings. The standard InChI is InChI=1S/C26H23N5O2/c27-24-21-12-5-4-10-18(21)16-31(24)30-26(33)23(29-25(32)17-8-2-1-3-9-17)14-19-15-28-22-13-7-6-11-20(19)22/h1-13,15,23,27-28H,14,16H2,(H,29,32)(H,30,33)/t23-/m1/s1. The number of hydrogen-bond donors (Lipinski definition) is 4. The van der Waals surface area contributed by atoms with Gasteiger partial charge in [-0.3, -0.25) is 25.4 Å². The minimum Gasteiger partial charge on any atom is -0.361 e. The summed E-state index contributed by atoms with van der Waals surface area (Å²) in [5, 5.41) is 13.8. The van der Waals surface area contributed by atoms with Crippen LogP contribution in [0.4, 0.5) is 0 Å². The van der Waals surface area contributed by atoms with Crippen LogP contribution in [0.25, 0.3) is 10.9 Å². The van der Waals surface area contributed by atoms with E-state index in [1.807, 2.05) is 60.8 Å². The highest BCUT2D eigenvalue weighted by Gasteiger charge is 2.29. The van der Waals surface area contributed by atoms with Gasteiger partial charge < -0.3 is 10.3 Å². The van der Waals surface area contributed by atoms with Gasteiger partial charge in [-0.1, -0.05) is 60.7 Å². The lowest BCUT2D eigenvalue weighted by atomic mass is 10.0. The van der Waals surface area contributed by atoms with E-state index in [2.05, 4.69) is 15.7 Å². The number of fused-ring (bicyclic) bond motifs is 2. The summed E-state index contributed by atoms with van der Waals surface area (Å²) < 4.78 is 0. The molecule has 4 N–H and O–H groups in total. The summed E-state index contributed by atoms with van der Waals surface area (Å²) in [5.41, 5.74) is 6.99. The molecule has 33 heavy (non-hydrogen) atoms. The second-order valence-corrected chi connectivity index (χ2v) is 8.02. The lowest BCUT2D eigenvalue weighted by Crippen LogP contribution is -2.53. The molecule has 0 radical (unpaired) electrons. The Kier molecular flexibility index (Phi) is 5.36. The van der Waals surface area contributed by atoms with E-state index in [0.29, 0.717) is 18.5 Å². The van der Waals surface area contributed by atoms with E-state index in [9.17, 15) is 9.59 Å². The molecule has 164 valence electrons. The number of amidine groups is 1. The number of H-pyrrole nitrogens is 1. The van der Waals surface area contributed by atoms with Gasteiger partial charge >= 0.3 is 0 Å². The predicted octanol–water partition coefficient (Wildman–Crippen LogP) is 3.38. The SMILES string of the molecule is N=C1c2ccccc2CN1NC(=O)[C@@H](Cc1c[nH]c2ccccc12)NC(=O)c1ccccc1. The van der Waals surface area contributed by atoms with Gasteiger partial charge in [-0.25, -0.2) is 0 Å². The third-order valence-corrected chi connectivity index (χ3v) is 5.87. The van der Waals surface area contributed by atoms with Crippen LogP contribution in [0.2, 0.25) is 0 Å². The largest absolute Gasteiger partial charge is 0.361 e. The molecule has 1 atom stereocenters. The van der Waals surface area contributed by atoms with Crippen LogP contribution < -0.4 is 10.7 Å². The van der Waals surface area contributed by atoms with Crippen molar-refractivity contribution in [2.24, 2.45) is 0 Å². The number of aromatic nitrogens is 1. The molecule has 0 aliphatic carbocycles. The van der Waals surface area contributed by atoms with Gasteiger partial charge in [0.15, 0.2) is 0 Å². The third kappa shape index (κ3) is 4.08. The number of hydrazine groups is 1. The first-order valence-electron chi connectivity index (χ1n) is 10.8. The number of amides is 2. The quantitative estimate of drug-likeness (QED) is 0.372. The summed E-state index contributed by atoms with van der Waals surface area (Å²) in [7, 11) is 0. The Morgan fingerprint density at radius 3 is 2.52 bits per heavy atom. The van der Waals surface area contributed by atoms with Gasteiger partial charge in [0.25, 0.3) is 11.8 Å². The summed E-state index contributed by atoms with van der Waals surface area (Å²) in [5.74, 6) is -0.461. The maximum Gasteiger partial charge on any atom is 0.261 e. The van der Waals surface area contributed by atoms with E-state index in [4.69, 9.17) is 5.41 Å². The summed E-state index contributed by atoms with van der Waals surface area (Å²) in [6.45, 7) is 0.410. The number of aromatic amines is 1. The first kappa shape index (κ1) is 20.5. The summed E-state index contributed by atoms with van der Waals surface area (Å²) in [6, 6.07) is 23.4. The molecule has 4 aromatic rings. The molecule has 1 aliphatic heterocycles. The molecule has 2 amide bonds. The number of hydrogen-bond acceptors (Lipinski definition) is 3. The van der Waals surface area contributed by atoms with Crippen LogP contribution in [-0.4, -0.2) is 33.7 Å². The van der Waals surface area contributed by atoms with E-state index < -0.39 is 6.04 Å². The van der Waals surface area contributed by atoms with Crippen LogP contribution in [-0.2, 0) is 17.8 Å². The number of nitrogens with one attached hydrogen (secondary N) is 4. The first-order valence-corrected chi connectivity index (χ1v) is 10.8. The van der Waals surface area contributed by atoms with Crippen molar-refractivity contribution in [2.75, 3.05) is 0 Å². The van der Waals surface area contributed by atoms with Crippen molar-refractivity contribution in [1.82, 2.24) is 20.7 Å². The Morgan fingerprint density at radius 1 is 0.970 bits per heavy atom. The smallest absolute Gasteiger partial charge is 0.261 e. The van der Waals surface area contributed by atoms with Gasteiger partial charge in [-0.05, 0) is 29.3 Å². The van der Waals surface area contributed by atoms with Crippen molar-refractivity contribution >= 4 is 28.6 Å². The molecule has 0 spiro atoms. The van der Waals surface area contributed by atoms with Gasteiger partial charge in [0.05, 0.1) is 6.54 Å². The molecule has 1 aromatic heterocycles. The zero-order valence-electron chi connectivity index (χ0n) is 17.8. The lowest BCUT2D eigenvalue weighted by Gasteiger charge is -2.24. The zero-order valence-corrected chi connectivity index (χ0v) is 17.8. The van der Waals surface area contributed by atoms with Crippen molar-refractivity contribution in [2.45, 2.75) is 19.0 Å². The number of carbonyl (C=O) groups is 2. The molecule has 3 aromatic carbocycles. The predicted molar refractivity (Wildman–Crippen MR) is 127 cm³/mol. The van der Waals surface area contributed by atoms with Crippen molar-refractivity contribution in [3.05, 3.63) is 107 Å². The van der Waals surface area contributed by atoms with Crippen LogP contribution in [0.15, 0.2) is 85.1 Å². The van der Waals surface area contributed by atoms with Gasteiger partial charge in [0, 0.05) is 34.6 Å². The fraction of sp³-hybridized carbons (Fsp3) is 0.115. The van der Waals surface area contributed by atoms with Gasteiger partial charge in [-0.15, -0.1) is 0 Å². The third-order valence-electron chi connectivity index (χ3n) is 5.87. The minimum atomic E-state index is -0.826. The topological polar surface area (TPSA) is 101 Å². The molecule has 0 saturated heterocycles. The molecule has 0 saturated carbocycles. The molecule has 7 nitrogen and oxygen atoms in total. The normalized spacial score (nSPS) is 13.6. The number of carbonyl (C=O) groups excluding carboxylic acids is 2. The maximum atomic E-state index is 13.4. The molecular formula is C26H23N5O2.